The fraction of sp³-hybridized carbons (Fsp3) is 0.100. The van der Waals surface area contributed by atoms with Crippen LogP contribution < -0.4 is 10.3 Å². The summed E-state index contributed by atoms with van der Waals surface area (Å²) in [7, 11) is -4.59. The van der Waals surface area contributed by atoms with Gasteiger partial charge in [-0.15, -0.1) is 0 Å². The molecule has 2 N–H and O–H groups in total. The summed E-state index contributed by atoms with van der Waals surface area (Å²) in [5, 5.41) is 2.57. The van der Waals surface area contributed by atoms with Gasteiger partial charge in [0, 0.05) is 6.20 Å². The van der Waals surface area contributed by atoms with Crippen molar-refractivity contribution in [3.63, 3.8) is 0 Å². The molecule has 7 nitrogen and oxygen atoms in total. The van der Waals surface area contributed by atoms with Crippen molar-refractivity contribution in [2.45, 2.75) is 17.6 Å². The highest BCUT2D eigenvalue weighted by Crippen LogP contribution is 2.34. The summed E-state index contributed by atoms with van der Waals surface area (Å²) in [5.74, 6) is -1.61. The number of H-pyrrole nitrogens is 1. The Morgan fingerprint density at radius 2 is 1.88 bits per heavy atom. The molecule has 0 bridgehead atoms. The fourth-order valence-corrected chi connectivity index (χ4v) is 4.52. The molecule has 4 rings (SSSR count). The van der Waals surface area contributed by atoms with Gasteiger partial charge in [0.05, 0.1) is 44.3 Å². The van der Waals surface area contributed by atoms with Crippen molar-refractivity contribution in [3.8, 4) is 0 Å². The van der Waals surface area contributed by atoms with E-state index < -0.39 is 38.0 Å². The number of alkyl halides is 3. The number of rotatable bonds is 5. The lowest BCUT2D eigenvalue weighted by Gasteiger charge is -2.13. The van der Waals surface area contributed by atoms with E-state index in [1.807, 2.05) is 0 Å². The number of anilines is 1. The van der Waals surface area contributed by atoms with E-state index in [1.54, 1.807) is 24.4 Å². The predicted octanol–water partition coefficient (Wildman–Crippen LogP) is 4.39. The lowest BCUT2D eigenvalue weighted by Crippen LogP contribution is -2.16. The van der Waals surface area contributed by atoms with Crippen LogP contribution in [0, 0.1) is 5.82 Å². The average molecular weight is 501 g/mol. The standard InChI is InChI=1S/C20H13ClF4N4O3S/c21-15-9-18-13(19(30)27-29(18)10-11-3-1-2-6-26-11)8-17(15)28-33(31,32)12-4-5-16(22)14(7-12)20(23,24)25/h1-9,28H,10H2,(H,27,30). The summed E-state index contributed by atoms with van der Waals surface area (Å²) in [6, 6.07) is 9.02. The Labute approximate surface area is 188 Å². The van der Waals surface area contributed by atoms with Gasteiger partial charge in [0.1, 0.15) is 5.82 Å². The number of nitrogens with one attached hydrogen (secondary N) is 2. The molecule has 0 radical (unpaired) electrons. The van der Waals surface area contributed by atoms with Crippen LogP contribution in [0.4, 0.5) is 23.2 Å². The number of nitrogens with zero attached hydrogens (tertiary/aromatic N) is 2. The second-order valence-corrected chi connectivity index (χ2v) is 9.03. The largest absolute Gasteiger partial charge is 0.419 e. The van der Waals surface area contributed by atoms with E-state index in [2.05, 4.69) is 14.8 Å². The summed E-state index contributed by atoms with van der Waals surface area (Å²) in [5.41, 5.74) is -1.50. The van der Waals surface area contributed by atoms with Gasteiger partial charge in [-0.1, -0.05) is 17.7 Å². The molecule has 172 valence electrons. The molecule has 0 spiro atoms. The quantitative estimate of drug-likeness (QED) is 0.397. The van der Waals surface area contributed by atoms with Gasteiger partial charge in [-0.25, -0.2) is 12.8 Å². The highest BCUT2D eigenvalue weighted by atomic mass is 35.5. The third kappa shape index (κ3) is 4.57. The number of aromatic nitrogens is 3. The van der Waals surface area contributed by atoms with Gasteiger partial charge in [-0.05, 0) is 42.5 Å². The van der Waals surface area contributed by atoms with Crippen LogP contribution in [0.1, 0.15) is 11.3 Å². The second-order valence-electron chi connectivity index (χ2n) is 6.94. The van der Waals surface area contributed by atoms with E-state index in [9.17, 15) is 30.8 Å². The maximum Gasteiger partial charge on any atom is 0.419 e. The summed E-state index contributed by atoms with van der Waals surface area (Å²) in [6.07, 6.45) is -3.51. The van der Waals surface area contributed by atoms with Gasteiger partial charge in [0.2, 0.25) is 0 Å². The Bertz CT molecular complexity index is 1520. The smallest absolute Gasteiger partial charge is 0.278 e. The first-order chi connectivity index (χ1) is 15.5. The zero-order chi connectivity index (χ0) is 24.0. The Morgan fingerprint density at radius 3 is 2.55 bits per heavy atom. The van der Waals surface area contributed by atoms with Crippen molar-refractivity contribution < 1.29 is 26.0 Å². The van der Waals surface area contributed by atoms with Crippen molar-refractivity contribution in [1.82, 2.24) is 14.8 Å². The molecule has 0 amide bonds. The molecular formula is C20H13ClF4N4O3S. The Kier molecular flexibility index (Phi) is 5.66. The van der Waals surface area contributed by atoms with Crippen LogP contribution in [-0.4, -0.2) is 23.2 Å². The van der Waals surface area contributed by atoms with Gasteiger partial charge in [0.15, 0.2) is 0 Å². The lowest BCUT2D eigenvalue weighted by atomic mass is 10.2. The number of hydrogen-bond acceptors (Lipinski definition) is 4. The number of fused-ring (bicyclic) bond motifs is 1. The third-order valence-corrected chi connectivity index (χ3v) is 6.38. The molecule has 2 aromatic carbocycles. The minimum absolute atomic E-state index is 0.0862. The molecule has 0 fully saturated rings. The molecule has 0 aliphatic heterocycles. The number of hydrogen-bond donors (Lipinski definition) is 2. The van der Waals surface area contributed by atoms with Crippen LogP contribution in [0.25, 0.3) is 10.9 Å². The Hall–Kier alpha value is -3.38. The van der Waals surface area contributed by atoms with Gasteiger partial charge >= 0.3 is 6.18 Å². The number of pyridine rings is 1. The predicted molar refractivity (Wildman–Crippen MR) is 113 cm³/mol. The van der Waals surface area contributed by atoms with Crippen LogP contribution in [0.3, 0.4) is 0 Å². The molecule has 4 aromatic rings. The van der Waals surface area contributed by atoms with Crippen LogP contribution in [0.15, 0.2) is 64.4 Å². The maximum absolute atomic E-state index is 13.5. The molecular weight excluding hydrogens is 488 g/mol. The van der Waals surface area contributed by atoms with Crippen LogP contribution in [0.2, 0.25) is 5.02 Å². The molecule has 2 aromatic heterocycles. The molecule has 33 heavy (non-hydrogen) atoms. The third-order valence-electron chi connectivity index (χ3n) is 4.70. The minimum atomic E-state index is -5.09. The van der Waals surface area contributed by atoms with E-state index in [-0.39, 0.29) is 28.7 Å². The molecule has 2 heterocycles. The topological polar surface area (TPSA) is 96.8 Å². The van der Waals surface area contributed by atoms with E-state index in [0.717, 1.165) is 6.07 Å². The van der Waals surface area contributed by atoms with E-state index >= 15 is 0 Å². The van der Waals surface area contributed by atoms with Gasteiger partial charge in [-0.3, -0.25) is 24.3 Å². The zero-order valence-electron chi connectivity index (χ0n) is 16.3. The number of benzene rings is 2. The summed E-state index contributed by atoms with van der Waals surface area (Å²) in [6.45, 7) is 0.205. The van der Waals surface area contributed by atoms with Crippen LogP contribution in [0.5, 0.6) is 0 Å². The summed E-state index contributed by atoms with van der Waals surface area (Å²) >= 11 is 6.20. The molecule has 0 unspecified atom stereocenters. The normalized spacial score (nSPS) is 12.3. The van der Waals surface area contributed by atoms with Crippen molar-refractivity contribution in [2.75, 3.05) is 4.72 Å². The van der Waals surface area contributed by atoms with E-state index in [0.29, 0.717) is 23.3 Å². The fourth-order valence-electron chi connectivity index (χ4n) is 3.16. The van der Waals surface area contributed by atoms with Crippen molar-refractivity contribution >= 4 is 38.2 Å². The average Bonchev–Trinajstić information content (AvgIpc) is 3.02. The summed E-state index contributed by atoms with van der Waals surface area (Å²) < 4.78 is 81.2. The molecule has 0 aliphatic rings. The highest BCUT2D eigenvalue weighted by Gasteiger charge is 2.35. The SMILES string of the molecule is O=c1[nH]n(Cc2ccccn2)c2cc(Cl)c(NS(=O)(=O)c3ccc(F)c(C(F)(F)F)c3)cc12. The van der Waals surface area contributed by atoms with Gasteiger partial charge in [-0.2, -0.15) is 13.2 Å². The maximum atomic E-state index is 13.5. The number of halogens is 5. The van der Waals surface area contributed by atoms with Gasteiger partial charge in [0.25, 0.3) is 15.6 Å². The molecule has 0 aliphatic carbocycles. The van der Waals surface area contributed by atoms with E-state index in [4.69, 9.17) is 11.6 Å². The van der Waals surface area contributed by atoms with Crippen molar-refractivity contribution in [1.29, 1.82) is 0 Å². The first-order valence-electron chi connectivity index (χ1n) is 9.17. The second kappa shape index (κ2) is 8.19. The van der Waals surface area contributed by atoms with Crippen LogP contribution >= 0.6 is 11.6 Å². The molecule has 0 saturated heterocycles. The number of aromatic amines is 1. The zero-order valence-corrected chi connectivity index (χ0v) is 17.9. The van der Waals surface area contributed by atoms with Crippen molar-refractivity contribution in [3.05, 3.63) is 87.2 Å². The summed E-state index contributed by atoms with van der Waals surface area (Å²) in [4.78, 5) is 15.7. The first kappa shape index (κ1) is 22.8. The lowest BCUT2D eigenvalue weighted by molar-refractivity contribution is -0.140. The highest BCUT2D eigenvalue weighted by molar-refractivity contribution is 7.92. The van der Waals surface area contributed by atoms with Gasteiger partial charge < -0.3 is 0 Å². The van der Waals surface area contributed by atoms with Crippen LogP contribution in [-0.2, 0) is 22.7 Å². The molecule has 0 atom stereocenters. The van der Waals surface area contributed by atoms with Crippen molar-refractivity contribution in [2.24, 2.45) is 0 Å². The molecule has 13 heteroatoms. The Morgan fingerprint density at radius 1 is 1.12 bits per heavy atom. The molecule has 0 saturated carbocycles. The number of sulfonamides is 1. The van der Waals surface area contributed by atoms with E-state index in [1.165, 1.54) is 10.7 Å². The minimum Gasteiger partial charge on any atom is -0.278 e. The monoisotopic (exact) mass is 500 g/mol. The Balaban J connectivity index is 1.72. The first-order valence-corrected chi connectivity index (χ1v) is 11.0.